The number of nitrogens with two attached hydrogens (primary N) is 1. The molecular weight excluding hydrogens is 302 g/mol. The van der Waals surface area contributed by atoms with Crippen LogP contribution in [0.2, 0.25) is 0 Å². The van der Waals surface area contributed by atoms with Gasteiger partial charge in [0.05, 0.1) is 0 Å². The lowest BCUT2D eigenvalue weighted by molar-refractivity contribution is -0.645. The first-order chi connectivity index (χ1) is 11.6. The van der Waals surface area contributed by atoms with Crippen LogP contribution in [0.25, 0.3) is 32.2 Å². The molecule has 0 radical (unpaired) electrons. The fourth-order valence-corrected chi connectivity index (χ4v) is 2.94. The first-order valence-corrected chi connectivity index (χ1v) is 7.79. The van der Waals surface area contributed by atoms with E-state index in [0.717, 1.165) is 28.2 Å². The van der Waals surface area contributed by atoms with E-state index in [0.29, 0.717) is 24.3 Å². The number of anilines is 1. The summed E-state index contributed by atoms with van der Waals surface area (Å²) in [4.78, 5) is 14.1. The molecule has 3 aromatic rings. The quantitative estimate of drug-likeness (QED) is 0.191. The second kappa shape index (κ2) is 6.56. The molecule has 0 saturated heterocycles. The Morgan fingerprint density at radius 1 is 1.17 bits per heavy atom. The number of aromatic nitrogens is 1. The van der Waals surface area contributed by atoms with Crippen molar-refractivity contribution >= 4 is 39.0 Å². The number of carbonyl (C=O) groups excluding carboxylic acids is 1. The minimum absolute atomic E-state index is 0.175. The molecule has 2 N–H and O–H groups in total. The van der Waals surface area contributed by atoms with Crippen LogP contribution in [0.5, 0.6) is 0 Å². The van der Waals surface area contributed by atoms with Crippen molar-refractivity contribution < 1.29 is 9.36 Å². The summed E-state index contributed by atoms with van der Waals surface area (Å²) < 4.78 is 2.14. The van der Waals surface area contributed by atoms with E-state index in [1.165, 1.54) is 0 Å². The minimum atomic E-state index is 0.175. The van der Waals surface area contributed by atoms with Crippen molar-refractivity contribution in [3.8, 4) is 0 Å². The normalized spacial score (nSPS) is 10.7. The smallest absolute Gasteiger partial charge is 0.215 e. The zero-order chi connectivity index (χ0) is 17.1. The first-order valence-electron chi connectivity index (χ1n) is 7.79. The lowest BCUT2D eigenvalue weighted by Crippen LogP contribution is -2.36. The topological polar surface area (TPSA) is 95.7 Å². The largest absolute Gasteiger partial charge is 0.399 e. The summed E-state index contributed by atoms with van der Waals surface area (Å²) in [5.74, 6) is 0.175. The van der Waals surface area contributed by atoms with Gasteiger partial charge in [-0.15, -0.1) is 0 Å². The molecule has 24 heavy (non-hydrogen) atoms. The van der Waals surface area contributed by atoms with Gasteiger partial charge in [-0.2, -0.15) is 4.57 Å². The van der Waals surface area contributed by atoms with Crippen molar-refractivity contribution in [1.82, 2.24) is 0 Å². The van der Waals surface area contributed by atoms with Gasteiger partial charge < -0.3 is 10.5 Å². The molecule has 0 spiro atoms. The minimum Gasteiger partial charge on any atom is -0.399 e. The monoisotopic (exact) mass is 320 g/mol. The van der Waals surface area contributed by atoms with Crippen LogP contribution in [0.1, 0.15) is 19.8 Å². The average Bonchev–Trinajstić information content (AvgIpc) is 2.55. The molecule has 120 valence electrons. The molecule has 0 aliphatic heterocycles. The highest BCUT2D eigenvalue weighted by atomic mass is 16.1. The Labute approximate surface area is 139 Å². The summed E-state index contributed by atoms with van der Waals surface area (Å²) in [7, 11) is 0. The Morgan fingerprint density at radius 2 is 1.88 bits per heavy atom. The zero-order valence-electron chi connectivity index (χ0n) is 13.4. The van der Waals surface area contributed by atoms with E-state index in [-0.39, 0.29) is 5.78 Å². The molecule has 6 heteroatoms. The Hall–Kier alpha value is -3.11. The Bertz CT molecular complexity index is 990. The lowest BCUT2D eigenvalue weighted by Gasteiger charge is -2.07. The predicted molar refractivity (Wildman–Crippen MR) is 94.8 cm³/mol. The van der Waals surface area contributed by atoms with E-state index in [9.17, 15) is 4.79 Å². The highest BCUT2D eigenvalue weighted by Gasteiger charge is 2.16. The van der Waals surface area contributed by atoms with Crippen molar-refractivity contribution in [3.63, 3.8) is 0 Å². The number of fused-ring (bicyclic) bond motifs is 2. The molecule has 0 bridgehead atoms. The number of nitrogens with zero attached hydrogens (tertiary/aromatic N) is 4. The molecule has 2 aromatic carbocycles. The standard InChI is InChI=1S/C18H17N5O/c1-12(24)3-2-8-23-17-10-15(19)6-4-13(17)9-14-5-7-16(21-22-20)11-18(14)23/h4-7,9-11,19H,2-3,8H2,1H3/p+1. The second-order valence-corrected chi connectivity index (χ2v) is 5.85. The maximum Gasteiger partial charge on any atom is 0.215 e. The molecule has 0 aliphatic rings. The van der Waals surface area contributed by atoms with Gasteiger partial charge in [-0.05, 0) is 36.7 Å². The van der Waals surface area contributed by atoms with Crippen LogP contribution < -0.4 is 10.3 Å². The number of rotatable bonds is 5. The van der Waals surface area contributed by atoms with Gasteiger partial charge >= 0.3 is 0 Å². The molecule has 1 heterocycles. The van der Waals surface area contributed by atoms with E-state index in [1.807, 2.05) is 30.3 Å². The maximum absolute atomic E-state index is 11.3. The average molecular weight is 320 g/mol. The molecule has 0 amide bonds. The van der Waals surface area contributed by atoms with E-state index in [1.54, 1.807) is 13.0 Å². The van der Waals surface area contributed by atoms with E-state index < -0.39 is 0 Å². The number of hydrogen-bond acceptors (Lipinski definition) is 3. The van der Waals surface area contributed by atoms with Gasteiger partial charge in [0, 0.05) is 52.0 Å². The molecule has 0 unspecified atom stereocenters. The second-order valence-electron chi connectivity index (χ2n) is 5.85. The van der Waals surface area contributed by atoms with Gasteiger partial charge in [0.2, 0.25) is 11.0 Å². The van der Waals surface area contributed by atoms with Crippen LogP contribution in [0.15, 0.2) is 47.6 Å². The van der Waals surface area contributed by atoms with Crippen molar-refractivity contribution in [2.24, 2.45) is 5.11 Å². The van der Waals surface area contributed by atoms with E-state index in [2.05, 4.69) is 20.7 Å². The third-order valence-corrected chi connectivity index (χ3v) is 4.03. The summed E-state index contributed by atoms with van der Waals surface area (Å²) in [6, 6.07) is 13.5. The number of pyridine rings is 1. The predicted octanol–water partition coefficient (Wildman–Crippen LogP) is 4.17. The Morgan fingerprint density at radius 3 is 2.58 bits per heavy atom. The van der Waals surface area contributed by atoms with Crippen LogP contribution in [0.3, 0.4) is 0 Å². The SMILES string of the molecule is CC(=O)CCC[n+]1c2cc(N)ccc2cc2ccc(N=[N+]=[N-])cc21. The lowest BCUT2D eigenvalue weighted by atomic mass is 10.1. The third kappa shape index (κ3) is 3.14. The number of benzene rings is 2. The van der Waals surface area contributed by atoms with Gasteiger partial charge in [0.15, 0.2) is 0 Å². The molecule has 1 aromatic heterocycles. The molecule has 6 nitrogen and oxygen atoms in total. The summed E-state index contributed by atoms with van der Waals surface area (Å²) in [6.07, 6.45) is 1.28. The first kappa shape index (κ1) is 15.8. The van der Waals surface area contributed by atoms with Crippen LogP contribution >= 0.6 is 0 Å². The highest BCUT2D eigenvalue weighted by molar-refractivity contribution is 5.91. The van der Waals surface area contributed by atoms with E-state index >= 15 is 0 Å². The van der Waals surface area contributed by atoms with Crippen LogP contribution in [0.4, 0.5) is 11.4 Å². The Balaban J connectivity index is 2.24. The highest BCUT2D eigenvalue weighted by Crippen LogP contribution is 2.24. The van der Waals surface area contributed by atoms with Gasteiger partial charge in [-0.3, -0.25) is 0 Å². The molecular formula is C18H18N5O+. The molecule has 0 aliphatic carbocycles. The van der Waals surface area contributed by atoms with Crippen molar-refractivity contribution in [2.75, 3.05) is 5.73 Å². The summed E-state index contributed by atoms with van der Waals surface area (Å²) in [6.45, 7) is 2.29. The van der Waals surface area contributed by atoms with Crippen LogP contribution in [0, 0.1) is 0 Å². The van der Waals surface area contributed by atoms with Gasteiger partial charge in [0.1, 0.15) is 12.3 Å². The van der Waals surface area contributed by atoms with Gasteiger partial charge in [0.25, 0.3) is 0 Å². The number of azide groups is 1. The summed E-state index contributed by atoms with van der Waals surface area (Å²) in [5.41, 5.74) is 17.8. The summed E-state index contributed by atoms with van der Waals surface area (Å²) in [5, 5.41) is 5.82. The van der Waals surface area contributed by atoms with Gasteiger partial charge in [-0.1, -0.05) is 11.2 Å². The van der Waals surface area contributed by atoms with Crippen molar-refractivity contribution in [2.45, 2.75) is 26.3 Å². The number of nitrogen functional groups attached to an aromatic ring is 1. The number of hydrogen-bond donors (Lipinski definition) is 1. The zero-order valence-corrected chi connectivity index (χ0v) is 13.4. The third-order valence-electron chi connectivity index (χ3n) is 4.03. The van der Waals surface area contributed by atoms with E-state index in [4.69, 9.17) is 11.3 Å². The van der Waals surface area contributed by atoms with Crippen LogP contribution in [-0.2, 0) is 11.3 Å². The van der Waals surface area contributed by atoms with Crippen LogP contribution in [-0.4, -0.2) is 5.78 Å². The van der Waals surface area contributed by atoms with Crippen molar-refractivity contribution in [1.29, 1.82) is 0 Å². The molecule has 0 saturated carbocycles. The fraction of sp³-hybridized carbons (Fsp3) is 0.222. The molecule has 3 rings (SSSR count). The summed E-state index contributed by atoms with van der Waals surface area (Å²) >= 11 is 0. The van der Waals surface area contributed by atoms with Crippen molar-refractivity contribution in [3.05, 3.63) is 52.9 Å². The van der Waals surface area contributed by atoms with Gasteiger partial charge in [-0.25, -0.2) is 0 Å². The molecule has 0 fully saturated rings. The number of aryl methyl sites for hydroxylation is 1. The maximum atomic E-state index is 11.3. The Kier molecular flexibility index (Phi) is 4.31. The fourth-order valence-electron chi connectivity index (χ4n) is 2.94. The number of ketones is 1. The number of Topliss-reactive ketones (excluding diaryl/α,β-unsaturated/α-hetero) is 1. The number of carbonyl (C=O) groups is 1. The molecule has 0 atom stereocenters.